The lowest BCUT2D eigenvalue weighted by Gasteiger charge is -2.38. The number of nitrogens with zero attached hydrogens (tertiary/aromatic N) is 1. The number of hydrogen-bond acceptors (Lipinski definition) is 6. The molecule has 0 aromatic rings. The van der Waals surface area contributed by atoms with Gasteiger partial charge in [0.2, 0.25) is 0 Å². The molecule has 0 amide bonds. The lowest BCUT2D eigenvalue weighted by Crippen LogP contribution is -2.50. The summed E-state index contributed by atoms with van der Waals surface area (Å²) in [5, 5.41) is 0. The molecule has 0 radical (unpaired) electrons. The molecule has 116 valence electrons. The molecule has 0 saturated carbocycles. The predicted octanol–water partition coefficient (Wildman–Crippen LogP) is 0.790. The van der Waals surface area contributed by atoms with Crippen LogP contribution in [-0.4, -0.2) is 62.4 Å². The summed E-state index contributed by atoms with van der Waals surface area (Å²) in [6, 6.07) is 0.626. The molecule has 1 aliphatic rings. The fraction of sp³-hybridized carbons (Fsp3) is 0.692. The summed E-state index contributed by atoms with van der Waals surface area (Å²) < 4.78 is 14.8. The van der Waals surface area contributed by atoms with Crippen LogP contribution < -0.4 is 0 Å². The molecule has 0 aliphatic carbocycles. The van der Waals surface area contributed by atoms with E-state index < -0.39 is 11.9 Å². The van der Waals surface area contributed by atoms with Crippen LogP contribution in [0, 0.1) is 0 Å². The van der Waals surface area contributed by atoms with Crippen molar-refractivity contribution in [3.05, 3.63) is 12.2 Å². The van der Waals surface area contributed by atoms with Gasteiger partial charge in [-0.1, -0.05) is 0 Å². The molecule has 0 N–H and O–H groups in total. The van der Waals surface area contributed by atoms with Gasteiger partial charge in [0.25, 0.3) is 0 Å². The third-order valence-corrected chi connectivity index (χ3v) is 3.00. The molecule has 7 heteroatoms. The van der Waals surface area contributed by atoms with E-state index in [1.165, 1.54) is 7.11 Å². The summed E-state index contributed by atoms with van der Waals surface area (Å²) in [6.45, 7) is 6.49. The molecule has 6 nitrogen and oxygen atoms in total. The maximum atomic E-state index is 11.3. The van der Waals surface area contributed by atoms with Crippen LogP contribution in [0.2, 0.25) is 0 Å². The number of halogens is 1. The van der Waals surface area contributed by atoms with Crippen molar-refractivity contribution >= 4 is 24.3 Å². The Morgan fingerprint density at radius 2 is 1.75 bits per heavy atom. The highest BCUT2D eigenvalue weighted by Gasteiger charge is 2.24. The average molecular weight is 308 g/mol. The summed E-state index contributed by atoms with van der Waals surface area (Å²) in [6.07, 6.45) is 2.11. The zero-order valence-electron chi connectivity index (χ0n) is 12.0. The van der Waals surface area contributed by atoms with Gasteiger partial charge >= 0.3 is 11.9 Å². The molecular weight excluding hydrogens is 286 g/mol. The van der Waals surface area contributed by atoms with Crippen molar-refractivity contribution < 1.29 is 23.8 Å². The highest BCUT2D eigenvalue weighted by Crippen LogP contribution is 2.12. The molecule has 1 aliphatic heterocycles. The Bertz CT molecular complexity index is 338. The second kappa shape index (κ2) is 9.74. The number of hydrogen-bond donors (Lipinski definition) is 0. The van der Waals surface area contributed by atoms with Crippen molar-refractivity contribution in [2.45, 2.75) is 25.9 Å². The molecule has 1 saturated heterocycles. The molecule has 20 heavy (non-hydrogen) atoms. The van der Waals surface area contributed by atoms with E-state index >= 15 is 0 Å². The minimum Gasteiger partial charge on any atom is -0.466 e. The van der Waals surface area contributed by atoms with E-state index in [1.807, 2.05) is 0 Å². The van der Waals surface area contributed by atoms with Crippen molar-refractivity contribution in [3.8, 4) is 0 Å². The molecule has 1 fully saturated rings. The Labute approximate surface area is 125 Å². The van der Waals surface area contributed by atoms with E-state index in [2.05, 4.69) is 23.5 Å². The number of carbonyl (C=O) groups is 2. The maximum Gasteiger partial charge on any atom is 0.331 e. The molecule has 0 spiro atoms. The minimum absolute atomic E-state index is 0. The second-order valence-electron chi connectivity index (χ2n) is 4.50. The van der Waals surface area contributed by atoms with Gasteiger partial charge in [0.15, 0.2) is 0 Å². The summed E-state index contributed by atoms with van der Waals surface area (Å²) in [7, 11) is 1.25. The lowest BCUT2D eigenvalue weighted by molar-refractivity contribution is -0.140. The fourth-order valence-electron chi connectivity index (χ4n) is 1.98. The molecule has 2 atom stereocenters. The van der Waals surface area contributed by atoms with Gasteiger partial charge in [-0.15, -0.1) is 12.4 Å². The number of ether oxygens (including phenoxy) is 3. The molecule has 1 heterocycles. The number of rotatable bonds is 5. The van der Waals surface area contributed by atoms with Crippen LogP contribution in [0.1, 0.15) is 13.8 Å². The zero-order valence-corrected chi connectivity index (χ0v) is 12.9. The minimum atomic E-state index is -0.577. The first-order valence-corrected chi connectivity index (χ1v) is 6.31. The van der Waals surface area contributed by atoms with Gasteiger partial charge < -0.3 is 14.2 Å². The van der Waals surface area contributed by atoms with Gasteiger partial charge in [0.1, 0.15) is 6.61 Å². The van der Waals surface area contributed by atoms with Gasteiger partial charge in [-0.3, -0.25) is 4.90 Å². The first-order valence-electron chi connectivity index (χ1n) is 6.31. The molecular formula is C13H22ClNO5. The van der Waals surface area contributed by atoms with Crippen molar-refractivity contribution in [2.75, 3.05) is 33.5 Å². The average Bonchev–Trinajstić information content (AvgIpc) is 2.39. The van der Waals surface area contributed by atoms with Gasteiger partial charge in [-0.05, 0) is 13.8 Å². The SMILES string of the molecule is COC(=O)/C=C/C(=O)OCCN1[C@@H](C)COC[C@@H]1C.Cl. The molecule has 0 unspecified atom stereocenters. The summed E-state index contributed by atoms with van der Waals surface area (Å²) in [4.78, 5) is 24.3. The third kappa shape index (κ3) is 6.36. The quantitative estimate of drug-likeness (QED) is 0.553. The predicted molar refractivity (Wildman–Crippen MR) is 75.8 cm³/mol. The normalized spacial score (nSPS) is 23.1. The lowest BCUT2D eigenvalue weighted by atomic mass is 10.2. The van der Waals surface area contributed by atoms with Crippen LogP contribution in [-0.2, 0) is 23.8 Å². The van der Waals surface area contributed by atoms with E-state index in [0.717, 1.165) is 12.2 Å². The highest BCUT2D eigenvalue weighted by molar-refractivity contribution is 5.91. The topological polar surface area (TPSA) is 65.1 Å². The standard InChI is InChI=1S/C13H21NO5.ClH/c1-10-8-18-9-11(2)14(10)6-7-19-13(16)5-4-12(15)17-3;/h4-5,10-11H,6-9H2,1-3H3;1H/b5-4+;/t10-,11-;/m0./s1. The Balaban J connectivity index is 0.00000361. The van der Waals surface area contributed by atoms with Gasteiger partial charge in [0, 0.05) is 30.8 Å². The van der Waals surface area contributed by atoms with Crippen LogP contribution in [0.4, 0.5) is 0 Å². The van der Waals surface area contributed by atoms with Gasteiger partial charge in [-0.2, -0.15) is 0 Å². The number of esters is 2. The molecule has 0 aromatic carbocycles. The van der Waals surface area contributed by atoms with Crippen LogP contribution >= 0.6 is 12.4 Å². The van der Waals surface area contributed by atoms with Crippen molar-refractivity contribution in [2.24, 2.45) is 0 Å². The Hall–Kier alpha value is -1.11. The van der Waals surface area contributed by atoms with Gasteiger partial charge in [0.05, 0.1) is 20.3 Å². The largest absolute Gasteiger partial charge is 0.466 e. The van der Waals surface area contributed by atoms with Crippen LogP contribution in [0.25, 0.3) is 0 Å². The smallest absolute Gasteiger partial charge is 0.331 e. The first-order chi connectivity index (χ1) is 9.04. The summed E-state index contributed by atoms with van der Waals surface area (Å²) in [5.74, 6) is -1.12. The zero-order chi connectivity index (χ0) is 14.3. The van der Waals surface area contributed by atoms with E-state index in [0.29, 0.717) is 38.4 Å². The van der Waals surface area contributed by atoms with E-state index in [4.69, 9.17) is 9.47 Å². The molecule has 0 bridgehead atoms. The monoisotopic (exact) mass is 307 g/mol. The molecule has 1 rings (SSSR count). The third-order valence-electron chi connectivity index (χ3n) is 3.00. The van der Waals surface area contributed by atoms with Crippen LogP contribution in [0.15, 0.2) is 12.2 Å². The summed E-state index contributed by atoms with van der Waals surface area (Å²) >= 11 is 0. The number of methoxy groups -OCH3 is 1. The van der Waals surface area contributed by atoms with Crippen LogP contribution in [0.5, 0.6) is 0 Å². The second-order valence-corrected chi connectivity index (χ2v) is 4.50. The Kier molecular flexibility index (Phi) is 9.20. The fourth-order valence-corrected chi connectivity index (χ4v) is 1.98. The van der Waals surface area contributed by atoms with Gasteiger partial charge in [-0.25, -0.2) is 9.59 Å². The Morgan fingerprint density at radius 3 is 2.30 bits per heavy atom. The highest BCUT2D eigenvalue weighted by atomic mass is 35.5. The van der Waals surface area contributed by atoms with Crippen molar-refractivity contribution in [1.82, 2.24) is 4.90 Å². The maximum absolute atomic E-state index is 11.3. The summed E-state index contributed by atoms with van der Waals surface area (Å²) in [5.41, 5.74) is 0. The number of carbonyl (C=O) groups excluding carboxylic acids is 2. The van der Waals surface area contributed by atoms with E-state index in [-0.39, 0.29) is 12.4 Å². The van der Waals surface area contributed by atoms with E-state index in [1.54, 1.807) is 0 Å². The first kappa shape index (κ1) is 18.9. The number of morpholine rings is 1. The van der Waals surface area contributed by atoms with Crippen molar-refractivity contribution in [3.63, 3.8) is 0 Å². The van der Waals surface area contributed by atoms with Crippen molar-refractivity contribution in [1.29, 1.82) is 0 Å². The Morgan fingerprint density at radius 1 is 1.20 bits per heavy atom. The molecule has 0 aromatic heterocycles. The van der Waals surface area contributed by atoms with Crippen LogP contribution in [0.3, 0.4) is 0 Å². The van der Waals surface area contributed by atoms with E-state index in [9.17, 15) is 9.59 Å².